The molecule has 0 unspecified atom stereocenters. The first kappa shape index (κ1) is 20.1. The smallest absolute Gasteiger partial charge is 0.269 e. The van der Waals surface area contributed by atoms with E-state index in [0.29, 0.717) is 37.4 Å². The van der Waals surface area contributed by atoms with E-state index in [0.717, 1.165) is 18.2 Å². The number of amides is 2. The first-order valence-corrected chi connectivity index (χ1v) is 10.6. The van der Waals surface area contributed by atoms with Gasteiger partial charge in [0.25, 0.3) is 11.8 Å². The van der Waals surface area contributed by atoms with E-state index in [1.807, 2.05) is 0 Å². The molecule has 0 aromatic heterocycles. The van der Waals surface area contributed by atoms with Crippen molar-refractivity contribution >= 4 is 21.8 Å². The molecule has 4 rings (SSSR count). The molecule has 11 heteroatoms. The Morgan fingerprint density at radius 3 is 2.20 bits per heavy atom. The van der Waals surface area contributed by atoms with Crippen LogP contribution in [0.5, 0.6) is 11.5 Å². The van der Waals surface area contributed by atoms with Crippen LogP contribution in [-0.4, -0.2) is 44.4 Å². The van der Waals surface area contributed by atoms with Gasteiger partial charge in [0.1, 0.15) is 10.7 Å². The number of nitrogens with one attached hydrogen (secondary N) is 2. The molecule has 0 saturated carbocycles. The number of hydrazine groups is 1. The van der Waals surface area contributed by atoms with Crippen LogP contribution in [0.1, 0.15) is 33.6 Å². The molecule has 1 saturated heterocycles. The number of sulfonamides is 1. The van der Waals surface area contributed by atoms with Crippen LogP contribution in [0.3, 0.4) is 0 Å². The molecule has 2 heterocycles. The van der Waals surface area contributed by atoms with Crippen LogP contribution in [0.2, 0.25) is 0 Å². The van der Waals surface area contributed by atoms with Crippen LogP contribution in [0, 0.1) is 5.82 Å². The summed E-state index contributed by atoms with van der Waals surface area (Å²) >= 11 is 0. The van der Waals surface area contributed by atoms with E-state index in [-0.39, 0.29) is 17.9 Å². The molecule has 2 aromatic carbocycles. The third kappa shape index (κ3) is 3.81. The minimum absolute atomic E-state index is 0.0599. The van der Waals surface area contributed by atoms with Gasteiger partial charge in [-0.25, -0.2) is 12.8 Å². The van der Waals surface area contributed by atoms with Crippen LogP contribution in [0.4, 0.5) is 4.39 Å². The summed E-state index contributed by atoms with van der Waals surface area (Å²) in [5, 5.41) is 0. The van der Waals surface area contributed by atoms with Gasteiger partial charge in [0.15, 0.2) is 11.5 Å². The van der Waals surface area contributed by atoms with Crippen molar-refractivity contribution in [2.45, 2.75) is 17.7 Å². The molecular weight excluding hydrogens is 417 g/mol. The van der Waals surface area contributed by atoms with Crippen molar-refractivity contribution < 1.29 is 31.9 Å². The highest BCUT2D eigenvalue weighted by molar-refractivity contribution is 7.89. The molecule has 9 nitrogen and oxygen atoms in total. The molecule has 1 fully saturated rings. The van der Waals surface area contributed by atoms with Gasteiger partial charge >= 0.3 is 0 Å². The van der Waals surface area contributed by atoms with Gasteiger partial charge in [-0.15, -0.1) is 0 Å². The predicted octanol–water partition coefficient (Wildman–Crippen LogP) is 1.41. The Kier molecular flexibility index (Phi) is 5.31. The fourth-order valence-corrected chi connectivity index (χ4v) is 4.81. The number of halogens is 1. The van der Waals surface area contributed by atoms with E-state index in [1.54, 1.807) is 6.07 Å². The Bertz CT molecular complexity index is 1120. The van der Waals surface area contributed by atoms with Gasteiger partial charge in [-0.3, -0.25) is 20.4 Å². The van der Waals surface area contributed by atoms with E-state index < -0.39 is 32.6 Å². The Morgan fingerprint density at radius 1 is 0.900 bits per heavy atom. The topological polar surface area (TPSA) is 114 Å². The summed E-state index contributed by atoms with van der Waals surface area (Å²) in [6.07, 6.45) is 1.40. The number of ether oxygens (including phenoxy) is 2. The minimum atomic E-state index is -4.04. The minimum Gasteiger partial charge on any atom is -0.454 e. The fourth-order valence-electron chi connectivity index (χ4n) is 3.21. The maximum atomic E-state index is 14.2. The molecule has 2 aromatic rings. The standard InChI is InChI=1S/C19H18FN3O6S/c20-14-5-3-13(10-17(14)30(26,27)23-7-1-2-8-23)19(25)22-21-18(24)12-4-6-15-16(9-12)29-11-28-15/h3-6,9-10H,1-2,7-8,11H2,(H,21,24)(H,22,25). The molecule has 0 aliphatic carbocycles. The lowest BCUT2D eigenvalue weighted by atomic mass is 10.2. The largest absolute Gasteiger partial charge is 0.454 e. The molecule has 0 radical (unpaired) electrons. The van der Waals surface area contributed by atoms with Crippen molar-refractivity contribution in [3.8, 4) is 11.5 Å². The van der Waals surface area contributed by atoms with Crippen molar-refractivity contribution in [1.82, 2.24) is 15.2 Å². The summed E-state index contributed by atoms with van der Waals surface area (Å²) in [4.78, 5) is 24.1. The molecule has 2 aliphatic heterocycles. The predicted molar refractivity (Wildman–Crippen MR) is 102 cm³/mol. The summed E-state index contributed by atoms with van der Waals surface area (Å²) in [5.74, 6) is -1.43. The highest BCUT2D eigenvalue weighted by Gasteiger charge is 2.30. The zero-order chi connectivity index (χ0) is 21.3. The van der Waals surface area contributed by atoms with Crippen molar-refractivity contribution in [3.63, 3.8) is 0 Å². The Morgan fingerprint density at radius 2 is 1.50 bits per heavy atom. The number of fused-ring (bicyclic) bond motifs is 1. The SMILES string of the molecule is O=C(NNC(=O)c1ccc(F)c(S(=O)(=O)N2CCCC2)c1)c1ccc2c(c1)OCO2. The van der Waals surface area contributed by atoms with Crippen molar-refractivity contribution in [2.24, 2.45) is 0 Å². The molecule has 30 heavy (non-hydrogen) atoms. The number of carbonyl (C=O) groups is 2. The summed E-state index contributed by atoms with van der Waals surface area (Å²) in [6.45, 7) is 0.679. The fraction of sp³-hybridized carbons (Fsp3) is 0.263. The molecule has 0 atom stereocenters. The maximum Gasteiger partial charge on any atom is 0.269 e. The lowest BCUT2D eigenvalue weighted by molar-refractivity contribution is 0.0846. The molecule has 2 amide bonds. The van der Waals surface area contributed by atoms with Crippen LogP contribution >= 0.6 is 0 Å². The highest BCUT2D eigenvalue weighted by atomic mass is 32.2. The zero-order valence-corrected chi connectivity index (χ0v) is 16.5. The van der Waals surface area contributed by atoms with Gasteiger partial charge in [0.2, 0.25) is 16.8 Å². The van der Waals surface area contributed by atoms with Gasteiger partial charge in [0, 0.05) is 24.2 Å². The van der Waals surface area contributed by atoms with Crippen molar-refractivity contribution in [1.29, 1.82) is 0 Å². The van der Waals surface area contributed by atoms with E-state index in [1.165, 1.54) is 16.4 Å². The summed E-state index contributed by atoms with van der Waals surface area (Å²) < 4.78 is 51.0. The lowest BCUT2D eigenvalue weighted by Gasteiger charge is -2.16. The molecule has 0 bridgehead atoms. The summed E-state index contributed by atoms with van der Waals surface area (Å²) in [6, 6.07) is 7.54. The Balaban J connectivity index is 1.46. The Labute approximate surface area is 171 Å². The highest BCUT2D eigenvalue weighted by Crippen LogP contribution is 2.32. The van der Waals surface area contributed by atoms with Crippen molar-refractivity contribution in [3.05, 3.63) is 53.3 Å². The van der Waals surface area contributed by atoms with Gasteiger partial charge in [-0.2, -0.15) is 4.31 Å². The lowest BCUT2D eigenvalue weighted by Crippen LogP contribution is -2.41. The number of rotatable bonds is 4. The van der Waals surface area contributed by atoms with Gasteiger partial charge in [-0.1, -0.05) is 0 Å². The number of hydrogen-bond donors (Lipinski definition) is 2. The summed E-state index contributed by atoms with van der Waals surface area (Å²) in [7, 11) is -4.04. The van der Waals surface area contributed by atoms with Gasteiger partial charge in [-0.05, 0) is 49.2 Å². The Hall–Kier alpha value is -3.18. The first-order chi connectivity index (χ1) is 14.4. The van der Waals surface area contributed by atoms with E-state index in [4.69, 9.17) is 9.47 Å². The first-order valence-electron chi connectivity index (χ1n) is 9.16. The number of benzene rings is 2. The van der Waals surface area contributed by atoms with Crippen LogP contribution in [0.25, 0.3) is 0 Å². The average Bonchev–Trinajstić information content (AvgIpc) is 3.43. The third-order valence-corrected chi connectivity index (χ3v) is 6.71. The molecule has 0 spiro atoms. The maximum absolute atomic E-state index is 14.2. The quantitative estimate of drug-likeness (QED) is 0.702. The van der Waals surface area contributed by atoms with Crippen LogP contribution in [-0.2, 0) is 10.0 Å². The number of carbonyl (C=O) groups excluding carboxylic acids is 2. The molecule has 158 valence electrons. The van der Waals surface area contributed by atoms with Crippen LogP contribution in [0.15, 0.2) is 41.3 Å². The molecular formula is C19H18FN3O6S. The second kappa shape index (κ2) is 7.92. The van der Waals surface area contributed by atoms with E-state index in [9.17, 15) is 22.4 Å². The zero-order valence-electron chi connectivity index (χ0n) is 15.7. The van der Waals surface area contributed by atoms with Crippen molar-refractivity contribution in [2.75, 3.05) is 19.9 Å². The third-order valence-electron chi connectivity index (χ3n) is 4.80. The molecule has 2 aliphatic rings. The molecule has 2 N–H and O–H groups in total. The summed E-state index contributed by atoms with van der Waals surface area (Å²) in [5.41, 5.74) is 4.53. The van der Waals surface area contributed by atoms with E-state index in [2.05, 4.69) is 10.9 Å². The monoisotopic (exact) mass is 435 g/mol. The second-order valence-electron chi connectivity index (χ2n) is 6.73. The van der Waals surface area contributed by atoms with Gasteiger partial charge in [0.05, 0.1) is 0 Å². The van der Waals surface area contributed by atoms with Gasteiger partial charge < -0.3 is 9.47 Å². The second-order valence-corrected chi connectivity index (χ2v) is 8.64. The van der Waals surface area contributed by atoms with Crippen LogP contribution < -0.4 is 20.3 Å². The average molecular weight is 435 g/mol. The van der Waals surface area contributed by atoms with E-state index >= 15 is 0 Å². The number of nitrogens with zero attached hydrogens (tertiary/aromatic N) is 1. The number of hydrogen-bond acceptors (Lipinski definition) is 6. The normalized spacial score (nSPS) is 15.8.